The summed E-state index contributed by atoms with van der Waals surface area (Å²) in [6.07, 6.45) is 2.56. The summed E-state index contributed by atoms with van der Waals surface area (Å²) in [4.78, 5) is 11.0. The number of benzene rings is 3. The molecule has 7 nitrogen and oxygen atoms in total. The smallest absolute Gasteiger partial charge is 0.303 e. The number of nitrogens with one attached hydrogen (secondary N) is 1. The van der Waals surface area contributed by atoms with Crippen molar-refractivity contribution in [1.82, 2.24) is 9.62 Å². The maximum atomic E-state index is 13.3. The molecule has 0 aliphatic carbocycles. The van der Waals surface area contributed by atoms with E-state index in [1.54, 1.807) is 18.2 Å². The molecule has 0 fully saturated rings. The fourth-order valence-electron chi connectivity index (χ4n) is 4.56. The van der Waals surface area contributed by atoms with E-state index < -0.39 is 22.1 Å². The SMILES string of the molecule is Cc1ccc(CCCC(C)(C)NC[C@@H](O)CN(C)S(=O)(=O)c2cccc(-c3ccc(CCC(=O)O)cc3)c2)cc1. The minimum Gasteiger partial charge on any atom is -0.481 e. The van der Waals surface area contributed by atoms with Gasteiger partial charge in [-0.25, -0.2) is 8.42 Å². The second kappa shape index (κ2) is 14.0. The van der Waals surface area contributed by atoms with E-state index in [-0.39, 0.29) is 29.9 Å². The lowest BCUT2D eigenvalue weighted by atomic mass is 9.95. The number of carbonyl (C=O) groups is 1. The Bertz CT molecular complexity index is 1350. The molecule has 216 valence electrons. The number of nitrogens with zero attached hydrogens (tertiary/aromatic N) is 1. The Balaban J connectivity index is 1.53. The van der Waals surface area contributed by atoms with Crippen molar-refractivity contribution < 1.29 is 23.4 Å². The summed E-state index contributed by atoms with van der Waals surface area (Å²) in [5, 5.41) is 22.9. The van der Waals surface area contributed by atoms with Gasteiger partial charge in [0.1, 0.15) is 0 Å². The van der Waals surface area contributed by atoms with Crippen molar-refractivity contribution in [2.45, 2.75) is 69.4 Å². The van der Waals surface area contributed by atoms with E-state index >= 15 is 0 Å². The van der Waals surface area contributed by atoms with Gasteiger partial charge in [0.05, 0.1) is 11.0 Å². The lowest BCUT2D eigenvalue weighted by molar-refractivity contribution is -0.136. The van der Waals surface area contributed by atoms with Crippen LogP contribution in [-0.4, -0.2) is 60.7 Å². The number of β-amino-alcohol motifs (C(OH)–C–C–N with tert-alkyl or cyclic N) is 1. The van der Waals surface area contributed by atoms with E-state index in [9.17, 15) is 18.3 Å². The zero-order chi connectivity index (χ0) is 29.3. The van der Waals surface area contributed by atoms with E-state index in [2.05, 4.69) is 50.4 Å². The number of rotatable bonds is 15. The van der Waals surface area contributed by atoms with Crippen LogP contribution in [0.15, 0.2) is 77.7 Å². The summed E-state index contributed by atoms with van der Waals surface area (Å²) in [7, 11) is -2.33. The quantitative estimate of drug-likeness (QED) is 0.238. The molecule has 0 aromatic heterocycles. The van der Waals surface area contributed by atoms with E-state index in [1.807, 2.05) is 30.3 Å². The number of sulfonamides is 1. The van der Waals surface area contributed by atoms with Gasteiger partial charge in [-0.05, 0) is 80.8 Å². The van der Waals surface area contributed by atoms with Crippen molar-refractivity contribution in [3.8, 4) is 11.1 Å². The molecule has 8 heteroatoms. The number of aliphatic hydroxyl groups is 1. The maximum absolute atomic E-state index is 13.3. The van der Waals surface area contributed by atoms with Crippen molar-refractivity contribution in [3.63, 3.8) is 0 Å². The fraction of sp³-hybridized carbons (Fsp3) is 0.406. The second-order valence-electron chi connectivity index (χ2n) is 11.2. The van der Waals surface area contributed by atoms with E-state index in [4.69, 9.17) is 5.11 Å². The van der Waals surface area contributed by atoms with E-state index in [0.29, 0.717) is 6.42 Å². The third kappa shape index (κ3) is 9.55. The van der Waals surface area contributed by atoms with Gasteiger partial charge < -0.3 is 15.5 Å². The largest absolute Gasteiger partial charge is 0.481 e. The average molecular weight is 567 g/mol. The molecule has 3 aromatic rings. The van der Waals surface area contributed by atoms with Crippen LogP contribution in [0.2, 0.25) is 0 Å². The van der Waals surface area contributed by atoms with Gasteiger partial charge in [-0.15, -0.1) is 0 Å². The number of carboxylic acids is 1. The highest BCUT2D eigenvalue weighted by Crippen LogP contribution is 2.25. The molecular weight excluding hydrogens is 524 g/mol. The van der Waals surface area contributed by atoms with Gasteiger partial charge in [0, 0.05) is 32.1 Å². The van der Waals surface area contributed by atoms with Crippen LogP contribution in [0.25, 0.3) is 11.1 Å². The Morgan fingerprint density at radius 3 is 2.23 bits per heavy atom. The molecule has 40 heavy (non-hydrogen) atoms. The number of hydrogen-bond donors (Lipinski definition) is 3. The number of aliphatic carboxylic acids is 1. The molecule has 0 spiro atoms. The lowest BCUT2D eigenvalue weighted by Gasteiger charge is -2.29. The van der Waals surface area contributed by atoms with E-state index in [0.717, 1.165) is 36.0 Å². The number of aliphatic hydroxyl groups excluding tert-OH is 1. The van der Waals surface area contributed by atoms with Crippen molar-refractivity contribution in [2.24, 2.45) is 0 Å². The van der Waals surface area contributed by atoms with Crippen molar-refractivity contribution >= 4 is 16.0 Å². The van der Waals surface area contributed by atoms with Crippen molar-refractivity contribution in [1.29, 1.82) is 0 Å². The summed E-state index contributed by atoms with van der Waals surface area (Å²) < 4.78 is 27.8. The molecule has 0 amide bonds. The van der Waals surface area contributed by atoms with Gasteiger partial charge in [0.2, 0.25) is 10.0 Å². The predicted octanol–water partition coefficient (Wildman–Crippen LogP) is 5.05. The molecule has 3 N–H and O–H groups in total. The predicted molar refractivity (Wildman–Crippen MR) is 160 cm³/mol. The number of hydrogen-bond acceptors (Lipinski definition) is 5. The molecule has 3 aromatic carbocycles. The average Bonchev–Trinajstić information content (AvgIpc) is 2.92. The van der Waals surface area contributed by atoms with Crippen LogP contribution in [0.3, 0.4) is 0 Å². The zero-order valence-electron chi connectivity index (χ0n) is 23.9. The molecule has 1 atom stereocenters. The zero-order valence-corrected chi connectivity index (χ0v) is 24.7. The fourth-order valence-corrected chi connectivity index (χ4v) is 5.82. The van der Waals surface area contributed by atoms with Gasteiger partial charge in [0.25, 0.3) is 0 Å². The summed E-state index contributed by atoms with van der Waals surface area (Å²) in [5.74, 6) is -0.843. The Morgan fingerprint density at radius 1 is 0.950 bits per heavy atom. The summed E-state index contributed by atoms with van der Waals surface area (Å²) in [5.41, 5.74) is 4.86. The van der Waals surface area contributed by atoms with Gasteiger partial charge >= 0.3 is 5.97 Å². The second-order valence-corrected chi connectivity index (χ2v) is 13.2. The van der Waals surface area contributed by atoms with Crippen LogP contribution in [0.4, 0.5) is 0 Å². The van der Waals surface area contributed by atoms with Crippen LogP contribution in [-0.2, 0) is 27.7 Å². The van der Waals surface area contributed by atoms with Crippen LogP contribution >= 0.6 is 0 Å². The van der Waals surface area contributed by atoms with Crippen LogP contribution in [0.5, 0.6) is 0 Å². The van der Waals surface area contributed by atoms with Gasteiger partial charge in [0.15, 0.2) is 0 Å². The van der Waals surface area contributed by atoms with Crippen LogP contribution in [0, 0.1) is 6.92 Å². The monoisotopic (exact) mass is 566 g/mol. The molecule has 3 rings (SSSR count). The third-order valence-corrected chi connectivity index (χ3v) is 8.95. The van der Waals surface area contributed by atoms with E-state index in [1.165, 1.54) is 22.5 Å². The molecule has 0 radical (unpaired) electrons. The van der Waals surface area contributed by atoms with Crippen molar-refractivity contribution in [2.75, 3.05) is 20.1 Å². The molecule has 0 unspecified atom stereocenters. The molecule has 0 saturated carbocycles. The molecule has 0 bridgehead atoms. The maximum Gasteiger partial charge on any atom is 0.303 e. The normalized spacial score (nSPS) is 12.9. The minimum atomic E-state index is -3.81. The Kier molecular flexibility index (Phi) is 11.0. The minimum absolute atomic E-state index is 0.0305. The highest BCUT2D eigenvalue weighted by molar-refractivity contribution is 7.89. The summed E-state index contributed by atoms with van der Waals surface area (Å²) in [6, 6.07) is 22.7. The molecule has 0 aliphatic rings. The standard InChI is InChI=1S/C32H42N2O5S/c1-24-10-12-25(13-11-24)7-6-20-32(2,3)33-22-29(35)23-34(4)40(38,39)30-9-5-8-28(21-30)27-17-14-26(15-18-27)16-19-31(36)37/h5,8-15,17-18,21,29,33,35H,6-7,16,19-20,22-23H2,1-4H3,(H,36,37)/t29-/m1/s1. The highest BCUT2D eigenvalue weighted by atomic mass is 32.2. The Morgan fingerprint density at radius 2 is 1.57 bits per heavy atom. The topological polar surface area (TPSA) is 107 Å². The van der Waals surface area contributed by atoms with Gasteiger partial charge in [-0.1, -0.05) is 66.2 Å². The first kappa shape index (κ1) is 31.5. The van der Waals surface area contributed by atoms with Crippen LogP contribution in [0.1, 0.15) is 49.8 Å². The number of likely N-dealkylation sites (N-methyl/N-ethyl adjacent to an activating group) is 1. The summed E-state index contributed by atoms with van der Waals surface area (Å²) in [6.45, 7) is 6.53. The first-order valence-electron chi connectivity index (χ1n) is 13.7. The Hall–Kier alpha value is -3.04. The van der Waals surface area contributed by atoms with Crippen LogP contribution < -0.4 is 5.32 Å². The lowest BCUT2D eigenvalue weighted by Crippen LogP contribution is -2.46. The first-order valence-corrected chi connectivity index (χ1v) is 15.2. The number of carboxylic acid groups (broad SMARTS) is 1. The third-order valence-electron chi connectivity index (χ3n) is 7.13. The molecule has 0 heterocycles. The van der Waals surface area contributed by atoms with Gasteiger partial charge in [-0.3, -0.25) is 4.79 Å². The molecule has 0 aliphatic heterocycles. The number of aryl methyl sites for hydroxylation is 3. The van der Waals surface area contributed by atoms with Crippen molar-refractivity contribution in [3.05, 3.63) is 89.5 Å². The highest BCUT2D eigenvalue weighted by Gasteiger charge is 2.25. The Labute approximate surface area is 238 Å². The van der Waals surface area contributed by atoms with Gasteiger partial charge in [-0.2, -0.15) is 4.31 Å². The summed E-state index contributed by atoms with van der Waals surface area (Å²) >= 11 is 0. The molecular formula is C32H42N2O5S. The first-order chi connectivity index (χ1) is 18.9. The molecule has 0 saturated heterocycles.